The predicted octanol–water partition coefficient (Wildman–Crippen LogP) is 5.68. The molecule has 0 heterocycles. The van der Waals surface area contributed by atoms with Crippen LogP contribution >= 0.6 is 34.8 Å². The van der Waals surface area contributed by atoms with Gasteiger partial charge >= 0.3 is 23.8 Å². The topological polar surface area (TPSA) is 0 Å². The first-order valence-electron chi connectivity index (χ1n) is 4.06. The second-order valence-electron chi connectivity index (χ2n) is 3.26. The van der Waals surface area contributed by atoms with Crippen LogP contribution in [0.15, 0.2) is 11.9 Å². The van der Waals surface area contributed by atoms with Crippen LogP contribution < -0.4 is 0 Å². The summed E-state index contributed by atoms with van der Waals surface area (Å²) < 4.78 is 121. The van der Waals surface area contributed by atoms with Crippen molar-refractivity contribution < 1.29 is 43.9 Å². The summed E-state index contributed by atoms with van der Waals surface area (Å²) in [5.41, 5.74) is -6.62. The monoisotopic (exact) mass is 380 g/mol. The average Bonchev–Trinajstić information content (AvgIpc) is 2.22. The standard InChI is InChI=1S/C7HCl3F10/c8-3(6(9,10)17)5(15,16)4(14,7(18,19)20)1(11)2(12)13/h3H. The molecule has 0 aromatic rings. The minimum Gasteiger partial charge on any atom is -0.219 e. The van der Waals surface area contributed by atoms with Crippen molar-refractivity contribution in [2.75, 3.05) is 0 Å². The molecule has 120 valence electrons. The Morgan fingerprint density at radius 1 is 0.800 bits per heavy atom. The van der Waals surface area contributed by atoms with E-state index in [0.29, 0.717) is 0 Å². The molecule has 0 aliphatic rings. The molecule has 0 radical (unpaired) electrons. The van der Waals surface area contributed by atoms with Crippen molar-refractivity contribution in [2.45, 2.75) is 27.7 Å². The molecular weight excluding hydrogens is 380 g/mol. The van der Waals surface area contributed by atoms with Crippen molar-refractivity contribution in [2.24, 2.45) is 0 Å². The molecule has 0 N–H and O–H groups in total. The molecule has 0 fully saturated rings. The highest BCUT2D eigenvalue weighted by Gasteiger charge is 2.79. The van der Waals surface area contributed by atoms with Crippen molar-refractivity contribution in [1.82, 2.24) is 0 Å². The van der Waals surface area contributed by atoms with E-state index in [4.69, 9.17) is 0 Å². The van der Waals surface area contributed by atoms with Gasteiger partial charge in [-0.05, 0) is 0 Å². The molecule has 0 rings (SSSR count). The van der Waals surface area contributed by atoms with Gasteiger partial charge in [0.05, 0.1) is 0 Å². The third kappa shape index (κ3) is 3.22. The fourth-order valence-electron chi connectivity index (χ4n) is 0.970. The highest BCUT2D eigenvalue weighted by atomic mass is 35.5. The van der Waals surface area contributed by atoms with Gasteiger partial charge in [-0.2, -0.15) is 22.0 Å². The van der Waals surface area contributed by atoms with E-state index in [-0.39, 0.29) is 0 Å². The zero-order chi connectivity index (χ0) is 16.7. The van der Waals surface area contributed by atoms with E-state index >= 15 is 0 Å². The molecule has 0 aliphatic heterocycles. The molecule has 0 spiro atoms. The Hall–Kier alpha value is -0.0900. The van der Waals surface area contributed by atoms with Gasteiger partial charge < -0.3 is 0 Å². The molecule has 2 unspecified atom stereocenters. The maximum atomic E-state index is 13.3. The SMILES string of the molecule is FC(F)=C(F)C(F)(C(F)(F)F)C(F)(F)C(Cl)C(F)(Cl)Cl. The normalized spacial score (nSPS) is 18.4. The number of halogens is 13. The molecule has 13 heteroatoms. The zero-order valence-corrected chi connectivity index (χ0v) is 10.8. The Morgan fingerprint density at radius 2 is 1.15 bits per heavy atom. The fraction of sp³-hybridized carbons (Fsp3) is 0.714. The first-order valence-corrected chi connectivity index (χ1v) is 5.26. The van der Waals surface area contributed by atoms with Crippen LogP contribution in [0.2, 0.25) is 0 Å². The first-order chi connectivity index (χ1) is 8.51. The van der Waals surface area contributed by atoms with Gasteiger partial charge in [-0.25, -0.2) is 22.0 Å². The van der Waals surface area contributed by atoms with Crippen LogP contribution in [0.4, 0.5) is 43.9 Å². The van der Waals surface area contributed by atoms with Gasteiger partial charge in [0.15, 0.2) is 5.38 Å². The molecule has 20 heavy (non-hydrogen) atoms. The van der Waals surface area contributed by atoms with E-state index in [1.54, 1.807) is 0 Å². The van der Waals surface area contributed by atoms with Gasteiger partial charge in [0.1, 0.15) is 0 Å². The summed E-state index contributed by atoms with van der Waals surface area (Å²) in [5.74, 6) is -10.5. The van der Waals surface area contributed by atoms with E-state index in [1.165, 1.54) is 0 Å². The van der Waals surface area contributed by atoms with Crippen LogP contribution in [0.1, 0.15) is 0 Å². The average molecular weight is 381 g/mol. The molecule has 0 aromatic heterocycles. The summed E-state index contributed by atoms with van der Waals surface area (Å²) in [4.78, 5) is 0. The summed E-state index contributed by atoms with van der Waals surface area (Å²) in [5, 5.41) is -4.03. The van der Waals surface area contributed by atoms with Crippen molar-refractivity contribution in [1.29, 1.82) is 0 Å². The number of alkyl halides is 10. The molecule has 0 bridgehead atoms. The van der Waals surface area contributed by atoms with Crippen LogP contribution in [0, 0.1) is 0 Å². The second-order valence-corrected chi connectivity index (χ2v) is 4.99. The highest BCUT2D eigenvalue weighted by Crippen LogP contribution is 2.56. The maximum Gasteiger partial charge on any atom is 0.435 e. The van der Waals surface area contributed by atoms with Gasteiger partial charge in [-0.15, -0.1) is 11.6 Å². The van der Waals surface area contributed by atoms with Gasteiger partial charge in [0.25, 0.3) is 4.59 Å². The van der Waals surface area contributed by atoms with E-state index in [0.717, 1.165) is 0 Å². The van der Waals surface area contributed by atoms with Gasteiger partial charge in [-0.1, -0.05) is 23.2 Å². The molecule has 2 atom stereocenters. The third-order valence-corrected chi connectivity index (χ3v) is 3.16. The Morgan fingerprint density at radius 3 is 1.35 bits per heavy atom. The van der Waals surface area contributed by atoms with Crippen LogP contribution in [-0.4, -0.2) is 27.7 Å². The van der Waals surface area contributed by atoms with Crippen LogP contribution in [-0.2, 0) is 0 Å². The molecule has 0 amide bonds. The number of allylic oxidation sites excluding steroid dienone is 1. The largest absolute Gasteiger partial charge is 0.435 e. The fourth-order valence-corrected chi connectivity index (χ4v) is 1.39. The minimum atomic E-state index is -6.91. The van der Waals surface area contributed by atoms with Crippen LogP contribution in [0.25, 0.3) is 0 Å². The zero-order valence-electron chi connectivity index (χ0n) is 8.49. The van der Waals surface area contributed by atoms with Crippen LogP contribution in [0.5, 0.6) is 0 Å². The molecule has 0 nitrogen and oxygen atoms in total. The van der Waals surface area contributed by atoms with Gasteiger partial charge in [0, 0.05) is 0 Å². The summed E-state index contributed by atoms with van der Waals surface area (Å²) in [6.45, 7) is 0. The van der Waals surface area contributed by atoms with E-state index in [1.807, 2.05) is 0 Å². The molecule has 0 saturated heterocycles. The Balaban J connectivity index is 6.26. The summed E-state index contributed by atoms with van der Waals surface area (Å²) in [6, 6.07) is 0. The summed E-state index contributed by atoms with van der Waals surface area (Å²) in [7, 11) is 0. The minimum absolute atomic E-state index is 4.03. The molecular formula is C7HCl3F10. The van der Waals surface area contributed by atoms with Crippen LogP contribution in [0.3, 0.4) is 0 Å². The van der Waals surface area contributed by atoms with E-state index in [9.17, 15) is 43.9 Å². The highest BCUT2D eigenvalue weighted by molar-refractivity contribution is 6.51. The van der Waals surface area contributed by atoms with Gasteiger partial charge in [-0.3, -0.25) is 0 Å². The lowest BCUT2D eigenvalue weighted by Gasteiger charge is -2.37. The van der Waals surface area contributed by atoms with Gasteiger partial charge in [0.2, 0.25) is 5.83 Å². The lowest BCUT2D eigenvalue weighted by atomic mass is 9.92. The smallest absolute Gasteiger partial charge is 0.219 e. The number of rotatable bonds is 4. The Bertz CT molecular complexity index is 393. The quantitative estimate of drug-likeness (QED) is 0.434. The van der Waals surface area contributed by atoms with E-state index < -0.39 is 39.6 Å². The van der Waals surface area contributed by atoms with Crippen molar-refractivity contribution in [3.8, 4) is 0 Å². The molecule has 0 aliphatic carbocycles. The Labute approximate surface area is 119 Å². The lowest BCUT2D eigenvalue weighted by molar-refractivity contribution is -0.295. The molecule has 0 aromatic carbocycles. The van der Waals surface area contributed by atoms with Crippen molar-refractivity contribution in [3.05, 3.63) is 11.9 Å². The Kier molecular flexibility index (Phi) is 5.58. The van der Waals surface area contributed by atoms with Crippen molar-refractivity contribution >= 4 is 34.8 Å². The lowest BCUT2D eigenvalue weighted by Crippen LogP contribution is -2.62. The summed E-state index contributed by atoms with van der Waals surface area (Å²) >= 11 is 13.1. The first kappa shape index (κ1) is 19.9. The third-order valence-electron chi connectivity index (χ3n) is 1.92. The predicted molar refractivity (Wildman–Crippen MR) is 50.4 cm³/mol. The second kappa shape index (κ2) is 5.60. The number of hydrogen-bond acceptors (Lipinski definition) is 0. The summed E-state index contributed by atoms with van der Waals surface area (Å²) in [6.07, 6.45) is -10.9. The molecule has 0 saturated carbocycles. The maximum absolute atomic E-state index is 13.3. The number of hydrogen-bond donors (Lipinski definition) is 0. The van der Waals surface area contributed by atoms with E-state index in [2.05, 4.69) is 34.8 Å². The van der Waals surface area contributed by atoms with Crippen molar-refractivity contribution in [3.63, 3.8) is 0 Å².